The van der Waals surface area contributed by atoms with Crippen molar-refractivity contribution in [2.75, 3.05) is 6.54 Å². The average Bonchev–Trinajstić information content (AvgIpc) is 2.70. The second-order valence-electron chi connectivity index (χ2n) is 4.52. The zero-order valence-electron chi connectivity index (χ0n) is 9.67. The molecular formula is C13H15BrFNO. The molecule has 1 saturated heterocycles. The summed E-state index contributed by atoms with van der Waals surface area (Å²) < 4.78 is 13.9. The molecule has 2 unspecified atom stereocenters. The maximum absolute atomic E-state index is 13.1. The highest BCUT2D eigenvalue weighted by molar-refractivity contribution is 9.10. The van der Waals surface area contributed by atoms with Crippen molar-refractivity contribution in [3.63, 3.8) is 0 Å². The highest BCUT2D eigenvalue weighted by atomic mass is 79.9. The Morgan fingerprint density at radius 3 is 3.00 bits per heavy atom. The first-order valence-corrected chi connectivity index (χ1v) is 6.57. The third kappa shape index (κ3) is 2.93. The van der Waals surface area contributed by atoms with Crippen molar-refractivity contribution < 1.29 is 9.18 Å². The van der Waals surface area contributed by atoms with Gasteiger partial charge in [-0.05, 0) is 43.7 Å². The van der Waals surface area contributed by atoms with Crippen LogP contribution in [-0.2, 0) is 11.2 Å². The van der Waals surface area contributed by atoms with Crippen LogP contribution in [-0.4, -0.2) is 18.4 Å². The number of ketones is 1. The summed E-state index contributed by atoms with van der Waals surface area (Å²) in [5, 5.41) is 3.26. The van der Waals surface area contributed by atoms with E-state index < -0.39 is 0 Å². The minimum atomic E-state index is -0.298. The zero-order valence-corrected chi connectivity index (χ0v) is 11.3. The molecule has 2 nitrogen and oxygen atoms in total. The molecule has 4 heteroatoms. The third-order valence-electron chi connectivity index (χ3n) is 3.31. The molecule has 0 spiro atoms. The van der Waals surface area contributed by atoms with Crippen molar-refractivity contribution in [1.82, 2.24) is 5.32 Å². The molecule has 1 aliphatic rings. The van der Waals surface area contributed by atoms with Crippen LogP contribution in [0.4, 0.5) is 4.39 Å². The van der Waals surface area contributed by atoms with Crippen LogP contribution in [0, 0.1) is 11.7 Å². The number of rotatable bonds is 3. The Kier molecular flexibility index (Phi) is 3.94. The zero-order chi connectivity index (χ0) is 12.4. The van der Waals surface area contributed by atoms with Crippen LogP contribution in [0.1, 0.15) is 18.9 Å². The molecule has 0 saturated carbocycles. The summed E-state index contributed by atoms with van der Waals surface area (Å²) in [4.78, 5) is 12.1. The lowest BCUT2D eigenvalue weighted by atomic mass is 9.92. The SMILES string of the molecule is CC1NCCC1C(=O)Cc1cc(F)ccc1Br. The van der Waals surface area contributed by atoms with Crippen LogP contribution in [0.15, 0.2) is 22.7 Å². The van der Waals surface area contributed by atoms with Crippen LogP contribution in [0.25, 0.3) is 0 Å². The normalized spacial score (nSPS) is 23.9. The van der Waals surface area contributed by atoms with E-state index in [1.54, 1.807) is 6.07 Å². The van der Waals surface area contributed by atoms with E-state index in [9.17, 15) is 9.18 Å². The Labute approximate surface area is 109 Å². The molecule has 1 N–H and O–H groups in total. The number of carbonyl (C=O) groups excluding carboxylic acids is 1. The van der Waals surface area contributed by atoms with Gasteiger partial charge < -0.3 is 5.32 Å². The Balaban J connectivity index is 2.10. The monoisotopic (exact) mass is 299 g/mol. The number of halogens is 2. The minimum Gasteiger partial charge on any atom is -0.314 e. The van der Waals surface area contributed by atoms with Gasteiger partial charge in [-0.25, -0.2) is 4.39 Å². The molecule has 17 heavy (non-hydrogen) atoms. The van der Waals surface area contributed by atoms with E-state index in [2.05, 4.69) is 21.2 Å². The molecule has 1 heterocycles. The minimum absolute atomic E-state index is 0.0603. The molecule has 1 aromatic rings. The van der Waals surface area contributed by atoms with Crippen LogP contribution >= 0.6 is 15.9 Å². The largest absolute Gasteiger partial charge is 0.314 e. The van der Waals surface area contributed by atoms with Crippen molar-refractivity contribution >= 4 is 21.7 Å². The van der Waals surface area contributed by atoms with E-state index in [0.29, 0.717) is 6.42 Å². The first-order chi connectivity index (χ1) is 8.08. The van der Waals surface area contributed by atoms with Crippen LogP contribution in [0.5, 0.6) is 0 Å². The van der Waals surface area contributed by atoms with Crippen molar-refractivity contribution in [3.05, 3.63) is 34.1 Å². The van der Waals surface area contributed by atoms with Gasteiger partial charge in [0.05, 0.1) is 0 Å². The Morgan fingerprint density at radius 2 is 2.35 bits per heavy atom. The van der Waals surface area contributed by atoms with Gasteiger partial charge >= 0.3 is 0 Å². The van der Waals surface area contributed by atoms with Crippen molar-refractivity contribution in [2.45, 2.75) is 25.8 Å². The lowest BCUT2D eigenvalue weighted by Crippen LogP contribution is -2.29. The molecule has 2 atom stereocenters. The summed E-state index contributed by atoms with van der Waals surface area (Å²) in [5.74, 6) is -0.0486. The first kappa shape index (κ1) is 12.7. The lowest BCUT2D eigenvalue weighted by Gasteiger charge is -2.14. The van der Waals surface area contributed by atoms with E-state index in [0.717, 1.165) is 23.0 Å². The molecule has 1 aliphatic heterocycles. The first-order valence-electron chi connectivity index (χ1n) is 5.78. The quantitative estimate of drug-likeness (QED) is 0.930. The van der Waals surface area contributed by atoms with Gasteiger partial charge in [-0.15, -0.1) is 0 Å². The Morgan fingerprint density at radius 1 is 1.59 bits per heavy atom. The maximum atomic E-state index is 13.1. The molecule has 1 fully saturated rings. The lowest BCUT2D eigenvalue weighted by molar-refractivity contribution is -0.122. The van der Waals surface area contributed by atoms with Gasteiger partial charge in [0.25, 0.3) is 0 Å². The molecule has 1 aromatic carbocycles. The molecular weight excluding hydrogens is 285 g/mol. The number of Topliss-reactive ketones (excluding diaryl/α,β-unsaturated/α-hetero) is 1. The van der Waals surface area contributed by atoms with Crippen molar-refractivity contribution in [1.29, 1.82) is 0 Å². The van der Waals surface area contributed by atoms with Crippen LogP contribution in [0.3, 0.4) is 0 Å². The number of benzene rings is 1. The van der Waals surface area contributed by atoms with Gasteiger partial charge in [0, 0.05) is 22.9 Å². The highest BCUT2D eigenvalue weighted by Crippen LogP contribution is 2.23. The number of hydrogen-bond donors (Lipinski definition) is 1. The molecule has 0 radical (unpaired) electrons. The second kappa shape index (κ2) is 5.27. The standard InChI is InChI=1S/C13H15BrFNO/c1-8-11(4-5-16-8)13(17)7-9-6-10(15)2-3-12(9)14/h2-3,6,8,11,16H,4-5,7H2,1H3. The predicted octanol–water partition coefficient (Wildman–Crippen LogP) is 2.70. The third-order valence-corrected chi connectivity index (χ3v) is 4.08. The van der Waals surface area contributed by atoms with Crippen LogP contribution < -0.4 is 5.32 Å². The van der Waals surface area contributed by atoms with Gasteiger partial charge in [-0.2, -0.15) is 0 Å². The van der Waals surface area contributed by atoms with Gasteiger partial charge in [0.1, 0.15) is 11.6 Å². The molecule has 92 valence electrons. The molecule has 2 rings (SSSR count). The summed E-state index contributed by atoms with van der Waals surface area (Å²) in [7, 11) is 0. The summed E-state index contributed by atoms with van der Waals surface area (Å²) >= 11 is 3.35. The smallest absolute Gasteiger partial charge is 0.141 e. The van der Waals surface area contributed by atoms with Crippen LogP contribution in [0.2, 0.25) is 0 Å². The summed E-state index contributed by atoms with van der Waals surface area (Å²) in [6.07, 6.45) is 1.18. The highest BCUT2D eigenvalue weighted by Gasteiger charge is 2.29. The van der Waals surface area contributed by atoms with Crippen molar-refractivity contribution in [3.8, 4) is 0 Å². The fourth-order valence-corrected chi connectivity index (χ4v) is 2.68. The fourth-order valence-electron chi connectivity index (χ4n) is 2.30. The predicted molar refractivity (Wildman–Crippen MR) is 68.4 cm³/mol. The number of nitrogens with one attached hydrogen (secondary N) is 1. The van der Waals surface area contributed by atoms with E-state index in [1.807, 2.05) is 6.92 Å². The Bertz CT molecular complexity index is 435. The number of hydrogen-bond acceptors (Lipinski definition) is 2. The Hall–Kier alpha value is -0.740. The molecule has 0 amide bonds. The van der Waals surface area contributed by atoms with E-state index in [-0.39, 0.29) is 23.6 Å². The van der Waals surface area contributed by atoms with Gasteiger partial charge in [-0.1, -0.05) is 15.9 Å². The molecule has 0 aromatic heterocycles. The maximum Gasteiger partial charge on any atom is 0.141 e. The summed E-state index contributed by atoms with van der Waals surface area (Å²) in [6, 6.07) is 4.69. The van der Waals surface area contributed by atoms with Gasteiger partial charge in [0.2, 0.25) is 0 Å². The summed E-state index contributed by atoms with van der Waals surface area (Å²) in [5.41, 5.74) is 0.731. The van der Waals surface area contributed by atoms with E-state index >= 15 is 0 Å². The second-order valence-corrected chi connectivity index (χ2v) is 5.37. The average molecular weight is 300 g/mol. The topological polar surface area (TPSA) is 29.1 Å². The van der Waals surface area contributed by atoms with E-state index in [1.165, 1.54) is 12.1 Å². The molecule has 0 aliphatic carbocycles. The fraction of sp³-hybridized carbons (Fsp3) is 0.462. The van der Waals surface area contributed by atoms with E-state index in [4.69, 9.17) is 0 Å². The van der Waals surface area contributed by atoms with Gasteiger partial charge in [0.15, 0.2) is 0 Å². The van der Waals surface area contributed by atoms with Crippen molar-refractivity contribution in [2.24, 2.45) is 5.92 Å². The summed E-state index contributed by atoms with van der Waals surface area (Å²) in [6.45, 7) is 2.91. The number of carbonyl (C=O) groups is 1. The van der Waals surface area contributed by atoms with Gasteiger partial charge in [-0.3, -0.25) is 4.79 Å². The molecule has 0 bridgehead atoms.